The molecule has 33 heavy (non-hydrogen) atoms. The quantitative estimate of drug-likeness (QED) is 0.544. The van der Waals surface area contributed by atoms with E-state index in [1.54, 1.807) is 6.07 Å². The van der Waals surface area contributed by atoms with Gasteiger partial charge in [-0.2, -0.15) is 13.2 Å². The standard InChI is InChI=1S/C23H24F3NO5S/c1-14(2)4-5-17-8-11-20(19(13-17)21(28)29)33(31,32)18-9-6-16(7-10-18)12-15(3)27-22(30)23(24,25)26/h4,6-11,13,15H,5,12H2,1-3H3,(H,27,30)(H,28,29)/t15-/m1/s1. The second-order valence-electron chi connectivity index (χ2n) is 7.85. The van der Waals surface area contributed by atoms with Crippen molar-refractivity contribution in [2.45, 2.75) is 55.6 Å². The average molecular weight is 484 g/mol. The molecule has 2 aromatic rings. The first-order valence-corrected chi connectivity index (χ1v) is 11.4. The van der Waals surface area contributed by atoms with Crippen molar-refractivity contribution >= 4 is 21.7 Å². The molecule has 10 heteroatoms. The Hall–Kier alpha value is -3.14. The third-order valence-corrected chi connectivity index (χ3v) is 6.55. The van der Waals surface area contributed by atoms with Crippen molar-refractivity contribution in [1.29, 1.82) is 0 Å². The van der Waals surface area contributed by atoms with E-state index in [1.807, 2.05) is 25.2 Å². The van der Waals surface area contributed by atoms with Gasteiger partial charge in [0.2, 0.25) is 9.84 Å². The topological polar surface area (TPSA) is 101 Å². The van der Waals surface area contributed by atoms with Gasteiger partial charge in [0, 0.05) is 6.04 Å². The maximum atomic E-state index is 13.1. The third kappa shape index (κ3) is 6.92. The maximum absolute atomic E-state index is 13.1. The maximum Gasteiger partial charge on any atom is 0.471 e. The van der Waals surface area contributed by atoms with Crippen LogP contribution < -0.4 is 5.32 Å². The molecule has 0 bridgehead atoms. The van der Waals surface area contributed by atoms with E-state index < -0.39 is 33.9 Å². The van der Waals surface area contributed by atoms with Crippen LogP contribution in [0, 0.1) is 0 Å². The Morgan fingerprint density at radius 3 is 2.15 bits per heavy atom. The Kier molecular flexibility index (Phi) is 8.07. The lowest BCUT2D eigenvalue weighted by atomic mass is 10.1. The van der Waals surface area contributed by atoms with E-state index in [1.165, 1.54) is 43.3 Å². The van der Waals surface area contributed by atoms with Crippen molar-refractivity contribution in [3.05, 3.63) is 70.8 Å². The molecule has 2 N–H and O–H groups in total. The molecule has 0 unspecified atom stereocenters. The van der Waals surface area contributed by atoms with Crippen molar-refractivity contribution in [2.75, 3.05) is 0 Å². The van der Waals surface area contributed by atoms with Gasteiger partial charge in [-0.25, -0.2) is 13.2 Å². The summed E-state index contributed by atoms with van der Waals surface area (Å²) in [5, 5.41) is 11.4. The highest BCUT2D eigenvalue weighted by molar-refractivity contribution is 7.91. The highest BCUT2D eigenvalue weighted by atomic mass is 32.2. The molecule has 1 atom stereocenters. The lowest BCUT2D eigenvalue weighted by molar-refractivity contribution is -0.174. The predicted octanol–water partition coefficient (Wildman–Crippen LogP) is 4.34. The highest BCUT2D eigenvalue weighted by Gasteiger charge is 2.39. The minimum Gasteiger partial charge on any atom is -0.478 e. The van der Waals surface area contributed by atoms with Crippen molar-refractivity contribution in [2.24, 2.45) is 0 Å². The van der Waals surface area contributed by atoms with Gasteiger partial charge in [-0.3, -0.25) is 4.79 Å². The van der Waals surface area contributed by atoms with E-state index in [0.717, 1.165) is 5.57 Å². The van der Waals surface area contributed by atoms with Crippen molar-refractivity contribution < 1.29 is 36.3 Å². The number of hydrogen-bond donors (Lipinski definition) is 2. The Morgan fingerprint density at radius 1 is 1.06 bits per heavy atom. The van der Waals surface area contributed by atoms with Gasteiger partial charge >= 0.3 is 18.1 Å². The van der Waals surface area contributed by atoms with Crippen LogP contribution in [-0.2, 0) is 27.5 Å². The molecular formula is C23H24F3NO5S. The van der Waals surface area contributed by atoms with Crippen molar-refractivity contribution in [3.8, 4) is 0 Å². The molecule has 2 rings (SSSR count). The van der Waals surface area contributed by atoms with Gasteiger partial charge in [0.15, 0.2) is 0 Å². The number of sulfone groups is 1. The van der Waals surface area contributed by atoms with Crippen LogP contribution in [0.25, 0.3) is 0 Å². The molecule has 0 radical (unpaired) electrons. The van der Waals surface area contributed by atoms with Crippen LogP contribution in [0.2, 0.25) is 0 Å². The second-order valence-corrected chi connectivity index (χ2v) is 9.76. The normalized spacial score (nSPS) is 12.7. The number of rotatable bonds is 8. The molecule has 0 aromatic heterocycles. The molecule has 0 heterocycles. The molecule has 178 valence electrons. The summed E-state index contributed by atoms with van der Waals surface area (Å²) in [5.41, 5.74) is 1.84. The van der Waals surface area contributed by atoms with Gasteiger partial charge in [0.25, 0.3) is 0 Å². The molecule has 0 spiro atoms. The number of alkyl halides is 3. The third-order valence-electron chi connectivity index (χ3n) is 4.72. The van der Waals surface area contributed by atoms with Gasteiger partial charge in [-0.05, 0) is 69.0 Å². The lowest BCUT2D eigenvalue weighted by Crippen LogP contribution is -2.42. The van der Waals surface area contributed by atoms with Crippen molar-refractivity contribution in [1.82, 2.24) is 5.32 Å². The van der Waals surface area contributed by atoms with Crippen LogP contribution in [0.15, 0.2) is 63.9 Å². The van der Waals surface area contributed by atoms with Crippen LogP contribution in [0.1, 0.15) is 42.3 Å². The number of carboxylic acid groups (broad SMARTS) is 1. The monoisotopic (exact) mass is 483 g/mol. The van der Waals surface area contributed by atoms with Crippen LogP contribution >= 0.6 is 0 Å². The number of carbonyl (C=O) groups is 2. The summed E-state index contributed by atoms with van der Waals surface area (Å²) in [6, 6.07) is 8.63. The van der Waals surface area contributed by atoms with E-state index in [4.69, 9.17) is 0 Å². The first-order chi connectivity index (χ1) is 15.2. The van der Waals surface area contributed by atoms with E-state index >= 15 is 0 Å². The Bertz CT molecular complexity index is 1170. The Morgan fingerprint density at radius 2 is 1.64 bits per heavy atom. The zero-order valence-electron chi connectivity index (χ0n) is 18.2. The van der Waals surface area contributed by atoms with Gasteiger partial charge in [-0.1, -0.05) is 29.8 Å². The molecular weight excluding hydrogens is 459 g/mol. The molecule has 2 aromatic carbocycles. The first-order valence-electron chi connectivity index (χ1n) is 9.93. The minimum atomic E-state index is -4.99. The van der Waals surface area contributed by atoms with Crippen molar-refractivity contribution in [3.63, 3.8) is 0 Å². The number of amides is 1. The van der Waals surface area contributed by atoms with Gasteiger partial charge in [-0.15, -0.1) is 0 Å². The van der Waals surface area contributed by atoms with E-state index in [2.05, 4.69) is 0 Å². The molecule has 6 nitrogen and oxygen atoms in total. The number of carboxylic acids is 1. The Balaban J connectivity index is 2.27. The number of benzene rings is 2. The second kappa shape index (κ2) is 10.2. The average Bonchev–Trinajstić information content (AvgIpc) is 2.71. The fourth-order valence-corrected chi connectivity index (χ4v) is 4.50. The smallest absolute Gasteiger partial charge is 0.471 e. The summed E-state index contributed by atoms with van der Waals surface area (Å²) < 4.78 is 63.2. The zero-order valence-corrected chi connectivity index (χ0v) is 19.0. The van der Waals surface area contributed by atoms with Gasteiger partial charge in [0.1, 0.15) is 0 Å². The highest BCUT2D eigenvalue weighted by Crippen LogP contribution is 2.26. The van der Waals surface area contributed by atoms with Crippen LogP contribution in [0.5, 0.6) is 0 Å². The lowest BCUT2D eigenvalue weighted by Gasteiger charge is -2.15. The van der Waals surface area contributed by atoms with E-state index in [0.29, 0.717) is 17.5 Å². The fourth-order valence-electron chi connectivity index (χ4n) is 3.07. The first kappa shape index (κ1) is 26.1. The number of allylic oxidation sites excluding steroid dienone is 2. The summed E-state index contributed by atoms with van der Waals surface area (Å²) in [6.07, 6.45) is -2.59. The number of hydrogen-bond acceptors (Lipinski definition) is 4. The van der Waals surface area contributed by atoms with Crippen LogP contribution in [-0.4, -0.2) is 37.6 Å². The fraction of sp³-hybridized carbons (Fsp3) is 0.304. The molecule has 0 aliphatic rings. The van der Waals surface area contributed by atoms with Crippen LogP contribution in [0.4, 0.5) is 13.2 Å². The Labute approximate surface area is 190 Å². The largest absolute Gasteiger partial charge is 0.478 e. The summed E-state index contributed by atoms with van der Waals surface area (Å²) in [5.74, 6) is -3.43. The SMILES string of the molecule is CC(C)=CCc1ccc(S(=O)(=O)c2ccc(C[C@@H](C)NC(=O)C(F)(F)F)cc2)c(C(=O)O)c1. The molecule has 0 saturated carbocycles. The molecule has 0 saturated heterocycles. The van der Waals surface area contributed by atoms with Crippen LogP contribution in [0.3, 0.4) is 0 Å². The van der Waals surface area contributed by atoms with E-state index in [-0.39, 0.29) is 21.8 Å². The zero-order chi connectivity index (χ0) is 25.0. The van der Waals surface area contributed by atoms with E-state index in [9.17, 15) is 36.3 Å². The summed E-state index contributed by atoms with van der Waals surface area (Å²) in [6.45, 7) is 5.18. The number of nitrogens with one attached hydrogen (secondary N) is 1. The predicted molar refractivity (Wildman–Crippen MR) is 116 cm³/mol. The minimum absolute atomic E-state index is 0.0432. The number of halogens is 3. The van der Waals surface area contributed by atoms with Gasteiger partial charge < -0.3 is 10.4 Å². The summed E-state index contributed by atoms with van der Waals surface area (Å²) in [4.78, 5) is 22.2. The molecule has 0 aliphatic carbocycles. The number of carbonyl (C=O) groups excluding carboxylic acids is 1. The summed E-state index contributed by atoms with van der Waals surface area (Å²) >= 11 is 0. The van der Waals surface area contributed by atoms with Gasteiger partial charge in [0.05, 0.1) is 15.4 Å². The molecule has 1 amide bonds. The molecule has 0 fully saturated rings. The number of aromatic carboxylic acids is 1. The molecule has 0 aliphatic heterocycles. The summed E-state index contributed by atoms with van der Waals surface area (Å²) in [7, 11) is -4.16.